The molecule has 2 aliphatic rings. The molecule has 1 spiro atoms. The number of hydrogen-bond donors (Lipinski definition) is 1. The largest absolute Gasteiger partial charge is 0.330 e. The molecular formula is C12H18N2O3. The Morgan fingerprint density at radius 1 is 1.24 bits per heavy atom. The molecule has 2 rings (SSSR count). The third kappa shape index (κ3) is 1.83. The lowest BCUT2D eigenvalue weighted by atomic mass is 9.82. The summed E-state index contributed by atoms with van der Waals surface area (Å²) in [6, 6.07) is -0.564. The summed E-state index contributed by atoms with van der Waals surface area (Å²) in [6.45, 7) is 4.26. The Morgan fingerprint density at radius 2 is 1.82 bits per heavy atom. The maximum atomic E-state index is 12.4. The third-order valence-corrected chi connectivity index (χ3v) is 3.56. The Labute approximate surface area is 101 Å². The maximum absolute atomic E-state index is 12.4. The molecule has 0 radical (unpaired) electrons. The summed E-state index contributed by atoms with van der Waals surface area (Å²) >= 11 is 0. The molecule has 0 aromatic heterocycles. The molecule has 17 heavy (non-hydrogen) atoms. The number of carbonyl (C=O) groups excluding carboxylic acids is 3. The molecule has 0 bridgehead atoms. The first-order valence-corrected chi connectivity index (χ1v) is 6.15. The predicted molar refractivity (Wildman–Crippen MR) is 61.0 cm³/mol. The Hall–Kier alpha value is -1.39. The second kappa shape index (κ2) is 4.13. The molecule has 1 saturated heterocycles. The van der Waals surface area contributed by atoms with E-state index in [-0.39, 0.29) is 11.8 Å². The number of hydrogen-bond acceptors (Lipinski definition) is 3. The van der Waals surface area contributed by atoms with Crippen molar-refractivity contribution in [1.29, 1.82) is 0 Å². The van der Waals surface area contributed by atoms with Crippen molar-refractivity contribution < 1.29 is 14.4 Å². The van der Waals surface area contributed by atoms with Gasteiger partial charge in [-0.2, -0.15) is 0 Å². The minimum Gasteiger partial charge on any atom is -0.277 e. The van der Waals surface area contributed by atoms with E-state index in [1.807, 2.05) is 13.8 Å². The van der Waals surface area contributed by atoms with Crippen LogP contribution in [-0.2, 0) is 9.59 Å². The number of carbonyl (C=O) groups is 3. The molecule has 5 nitrogen and oxygen atoms in total. The van der Waals surface area contributed by atoms with E-state index in [0.29, 0.717) is 19.4 Å². The molecule has 4 amide bonds. The first-order chi connectivity index (χ1) is 7.97. The van der Waals surface area contributed by atoms with Crippen molar-refractivity contribution in [2.75, 3.05) is 6.54 Å². The topological polar surface area (TPSA) is 66.5 Å². The van der Waals surface area contributed by atoms with Gasteiger partial charge in [-0.15, -0.1) is 0 Å². The van der Waals surface area contributed by atoms with E-state index < -0.39 is 17.4 Å². The van der Waals surface area contributed by atoms with Crippen LogP contribution in [0.1, 0.15) is 39.5 Å². The smallest absolute Gasteiger partial charge is 0.277 e. The lowest BCUT2D eigenvalue weighted by Gasteiger charge is -2.37. The molecule has 1 saturated carbocycles. The van der Waals surface area contributed by atoms with Gasteiger partial charge in [0.1, 0.15) is 5.41 Å². The molecule has 2 fully saturated rings. The molecular weight excluding hydrogens is 220 g/mol. The van der Waals surface area contributed by atoms with Gasteiger partial charge in [-0.25, -0.2) is 4.79 Å². The minimum atomic E-state index is -0.956. The van der Waals surface area contributed by atoms with Crippen LogP contribution in [0.5, 0.6) is 0 Å². The molecule has 94 valence electrons. The molecule has 5 heteroatoms. The van der Waals surface area contributed by atoms with Gasteiger partial charge in [-0.05, 0) is 18.8 Å². The highest BCUT2D eigenvalue weighted by Gasteiger charge is 2.54. The predicted octanol–water partition coefficient (Wildman–Crippen LogP) is 1.28. The zero-order valence-electron chi connectivity index (χ0n) is 10.3. The second-order valence-corrected chi connectivity index (χ2v) is 5.36. The first-order valence-electron chi connectivity index (χ1n) is 6.15. The first kappa shape index (κ1) is 12.1. The number of rotatable bonds is 2. The summed E-state index contributed by atoms with van der Waals surface area (Å²) in [7, 11) is 0. The van der Waals surface area contributed by atoms with Crippen LogP contribution in [0, 0.1) is 11.3 Å². The lowest BCUT2D eigenvalue weighted by molar-refractivity contribution is -0.151. The van der Waals surface area contributed by atoms with Crippen LogP contribution in [0.2, 0.25) is 0 Å². The average molecular weight is 238 g/mol. The van der Waals surface area contributed by atoms with E-state index in [9.17, 15) is 14.4 Å². The van der Waals surface area contributed by atoms with Crippen molar-refractivity contribution in [3.63, 3.8) is 0 Å². The summed E-state index contributed by atoms with van der Waals surface area (Å²) < 4.78 is 0. The second-order valence-electron chi connectivity index (χ2n) is 5.36. The van der Waals surface area contributed by atoms with E-state index in [1.165, 1.54) is 4.90 Å². The number of nitrogens with zero attached hydrogens (tertiary/aromatic N) is 1. The fourth-order valence-electron chi connectivity index (χ4n) is 2.68. The van der Waals surface area contributed by atoms with Crippen molar-refractivity contribution in [3.05, 3.63) is 0 Å². The Kier molecular flexibility index (Phi) is 2.93. The van der Waals surface area contributed by atoms with Crippen molar-refractivity contribution in [1.82, 2.24) is 10.2 Å². The number of barbiturate groups is 1. The fourth-order valence-corrected chi connectivity index (χ4v) is 2.68. The Balaban J connectivity index is 2.27. The monoisotopic (exact) mass is 238 g/mol. The van der Waals surface area contributed by atoms with Gasteiger partial charge in [0, 0.05) is 6.54 Å². The third-order valence-electron chi connectivity index (χ3n) is 3.56. The number of nitrogens with one attached hydrogen (secondary N) is 1. The van der Waals surface area contributed by atoms with E-state index in [2.05, 4.69) is 5.32 Å². The number of urea groups is 1. The Morgan fingerprint density at radius 3 is 2.35 bits per heavy atom. The van der Waals surface area contributed by atoms with Gasteiger partial charge < -0.3 is 0 Å². The van der Waals surface area contributed by atoms with Crippen LogP contribution in [0.25, 0.3) is 0 Å². The van der Waals surface area contributed by atoms with Gasteiger partial charge in [0.15, 0.2) is 0 Å². The SMILES string of the molecule is CC(C)CN1C(=O)NC(=O)C2(CCCC2)C1=O. The van der Waals surface area contributed by atoms with Crippen molar-refractivity contribution >= 4 is 17.8 Å². The molecule has 0 aromatic carbocycles. The molecule has 0 aromatic rings. The molecule has 1 aliphatic carbocycles. The highest BCUT2D eigenvalue weighted by atomic mass is 16.2. The molecule has 0 unspecified atom stereocenters. The van der Waals surface area contributed by atoms with E-state index in [4.69, 9.17) is 0 Å². The van der Waals surface area contributed by atoms with E-state index in [1.54, 1.807) is 0 Å². The number of imide groups is 2. The highest BCUT2D eigenvalue weighted by molar-refractivity contribution is 6.19. The normalized spacial score (nSPS) is 23.7. The van der Waals surface area contributed by atoms with Gasteiger partial charge in [-0.3, -0.25) is 19.8 Å². The lowest BCUT2D eigenvalue weighted by Crippen LogP contribution is -2.63. The Bertz CT molecular complexity index is 370. The quantitative estimate of drug-likeness (QED) is 0.737. The van der Waals surface area contributed by atoms with E-state index in [0.717, 1.165) is 12.8 Å². The zero-order valence-corrected chi connectivity index (χ0v) is 10.3. The van der Waals surface area contributed by atoms with Crippen LogP contribution in [-0.4, -0.2) is 29.3 Å². The molecule has 1 heterocycles. The van der Waals surface area contributed by atoms with Gasteiger partial charge in [0.2, 0.25) is 11.8 Å². The maximum Gasteiger partial charge on any atom is 0.330 e. The van der Waals surface area contributed by atoms with Crippen LogP contribution in [0.4, 0.5) is 4.79 Å². The summed E-state index contributed by atoms with van der Waals surface area (Å²) in [5, 5.41) is 2.33. The number of amides is 4. The van der Waals surface area contributed by atoms with Gasteiger partial charge in [-0.1, -0.05) is 26.7 Å². The highest BCUT2D eigenvalue weighted by Crippen LogP contribution is 2.41. The van der Waals surface area contributed by atoms with Gasteiger partial charge >= 0.3 is 6.03 Å². The molecule has 1 aliphatic heterocycles. The van der Waals surface area contributed by atoms with Gasteiger partial charge in [0.05, 0.1) is 0 Å². The average Bonchev–Trinajstić information content (AvgIpc) is 2.72. The fraction of sp³-hybridized carbons (Fsp3) is 0.750. The van der Waals surface area contributed by atoms with Crippen molar-refractivity contribution in [3.8, 4) is 0 Å². The van der Waals surface area contributed by atoms with Crippen LogP contribution < -0.4 is 5.32 Å². The minimum absolute atomic E-state index is 0.205. The van der Waals surface area contributed by atoms with Crippen LogP contribution >= 0.6 is 0 Å². The van der Waals surface area contributed by atoms with Gasteiger partial charge in [0.25, 0.3) is 0 Å². The summed E-state index contributed by atoms with van der Waals surface area (Å²) in [6.07, 6.45) is 2.89. The molecule has 0 atom stereocenters. The van der Waals surface area contributed by atoms with Crippen molar-refractivity contribution in [2.24, 2.45) is 11.3 Å². The van der Waals surface area contributed by atoms with Crippen molar-refractivity contribution in [2.45, 2.75) is 39.5 Å². The van der Waals surface area contributed by atoms with E-state index >= 15 is 0 Å². The summed E-state index contributed by atoms with van der Waals surface area (Å²) in [5.41, 5.74) is -0.956. The zero-order chi connectivity index (χ0) is 12.6. The standard InChI is InChI=1S/C12H18N2O3/c1-8(2)7-14-10(16)12(5-3-4-6-12)9(15)13-11(14)17/h8H,3-7H2,1-2H3,(H,13,15,17). The summed E-state index contributed by atoms with van der Waals surface area (Å²) in [4.78, 5) is 37.1. The van der Waals surface area contributed by atoms with Crippen LogP contribution in [0.15, 0.2) is 0 Å². The summed E-state index contributed by atoms with van der Waals surface area (Å²) in [5.74, 6) is -0.487. The molecule has 1 N–H and O–H groups in total. The van der Waals surface area contributed by atoms with Crippen LogP contribution in [0.3, 0.4) is 0 Å².